The Bertz CT molecular complexity index is 872. The van der Waals surface area contributed by atoms with Gasteiger partial charge in [0, 0.05) is 29.3 Å². The van der Waals surface area contributed by atoms with Crippen LogP contribution in [0.5, 0.6) is 0 Å². The second kappa shape index (κ2) is 9.04. The Morgan fingerprint density at radius 2 is 1.71 bits per heavy atom. The molecular weight excluding hydrogens is 366 g/mol. The van der Waals surface area contributed by atoms with Gasteiger partial charge in [-0.05, 0) is 54.1 Å². The Labute approximate surface area is 170 Å². The normalized spacial score (nSPS) is 14.8. The van der Waals surface area contributed by atoms with E-state index in [1.54, 1.807) is 11.3 Å². The zero-order valence-corrected chi connectivity index (χ0v) is 16.6. The molecule has 1 unspecified atom stereocenters. The molecule has 1 saturated heterocycles. The fourth-order valence-electron chi connectivity index (χ4n) is 3.61. The van der Waals surface area contributed by atoms with Crippen LogP contribution in [0.4, 0.5) is 11.4 Å². The second-order valence-electron chi connectivity index (χ2n) is 7.03. The molecule has 0 bridgehead atoms. The molecule has 1 aromatic heterocycles. The SMILES string of the molecule is O=C(CNC(c1ccccc1)c1cccs1)Nc1ccc(N2CCCC2)cc1. The monoisotopic (exact) mass is 391 g/mol. The van der Waals surface area contributed by atoms with Crippen molar-refractivity contribution < 1.29 is 4.79 Å². The van der Waals surface area contributed by atoms with Crippen LogP contribution in [0.1, 0.15) is 29.3 Å². The van der Waals surface area contributed by atoms with Crippen molar-refractivity contribution in [3.8, 4) is 0 Å². The smallest absolute Gasteiger partial charge is 0.238 e. The number of carbonyl (C=O) groups excluding carboxylic acids is 1. The quantitative estimate of drug-likeness (QED) is 0.615. The molecule has 2 heterocycles. The van der Waals surface area contributed by atoms with Crippen LogP contribution in [0.25, 0.3) is 0 Å². The number of hydrogen-bond donors (Lipinski definition) is 2. The van der Waals surface area contributed by atoms with Gasteiger partial charge in [-0.1, -0.05) is 36.4 Å². The lowest BCUT2D eigenvalue weighted by atomic mass is 10.1. The minimum Gasteiger partial charge on any atom is -0.372 e. The summed E-state index contributed by atoms with van der Waals surface area (Å²) in [5, 5.41) is 8.46. The van der Waals surface area contributed by atoms with Gasteiger partial charge in [0.15, 0.2) is 0 Å². The number of benzene rings is 2. The van der Waals surface area contributed by atoms with Crippen molar-refractivity contribution in [3.63, 3.8) is 0 Å². The highest BCUT2D eigenvalue weighted by atomic mass is 32.1. The highest BCUT2D eigenvalue weighted by molar-refractivity contribution is 7.10. The highest BCUT2D eigenvalue weighted by Crippen LogP contribution is 2.26. The number of nitrogens with one attached hydrogen (secondary N) is 2. The van der Waals surface area contributed by atoms with E-state index in [-0.39, 0.29) is 18.5 Å². The number of thiophene rings is 1. The number of anilines is 2. The highest BCUT2D eigenvalue weighted by Gasteiger charge is 2.16. The summed E-state index contributed by atoms with van der Waals surface area (Å²) in [5.74, 6) is -0.0357. The molecule has 2 aromatic carbocycles. The van der Waals surface area contributed by atoms with Gasteiger partial charge in [0.2, 0.25) is 5.91 Å². The van der Waals surface area contributed by atoms with Gasteiger partial charge in [-0.3, -0.25) is 10.1 Å². The fraction of sp³-hybridized carbons (Fsp3) is 0.261. The largest absolute Gasteiger partial charge is 0.372 e. The molecule has 1 atom stereocenters. The summed E-state index contributed by atoms with van der Waals surface area (Å²) in [7, 11) is 0. The summed E-state index contributed by atoms with van der Waals surface area (Å²) in [4.78, 5) is 16.1. The molecule has 4 nitrogen and oxygen atoms in total. The third kappa shape index (κ3) is 4.61. The van der Waals surface area contributed by atoms with Crippen LogP contribution in [-0.4, -0.2) is 25.5 Å². The summed E-state index contributed by atoms with van der Waals surface area (Å²) in [6.45, 7) is 2.50. The fourth-order valence-corrected chi connectivity index (χ4v) is 4.44. The minimum absolute atomic E-state index is 0.0180. The summed E-state index contributed by atoms with van der Waals surface area (Å²) in [5.41, 5.74) is 3.23. The van der Waals surface area contributed by atoms with Crippen LogP contribution in [0.3, 0.4) is 0 Å². The van der Waals surface area contributed by atoms with E-state index in [9.17, 15) is 4.79 Å². The van der Waals surface area contributed by atoms with Crippen molar-refractivity contribution in [1.82, 2.24) is 5.32 Å². The molecular formula is C23H25N3OS. The molecule has 1 aliphatic heterocycles. The first-order valence-electron chi connectivity index (χ1n) is 9.76. The van der Waals surface area contributed by atoms with Crippen molar-refractivity contribution >= 4 is 28.6 Å². The first-order valence-corrected chi connectivity index (χ1v) is 10.6. The van der Waals surface area contributed by atoms with Crippen molar-refractivity contribution in [2.45, 2.75) is 18.9 Å². The topological polar surface area (TPSA) is 44.4 Å². The summed E-state index contributed by atoms with van der Waals surface area (Å²) >= 11 is 1.70. The third-order valence-corrected chi connectivity index (χ3v) is 5.99. The number of nitrogens with zero attached hydrogens (tertiary/aromatic N) is 1. The second-order valence-corrected chi connectivity index (χ2v) is 8.01. The van der Waals surface area contributed by atoms with Gasteiger partial charge in [0.1, 0.15) is 0 Å². The molecule has 28 heavy (non-hydrogen) atoms. The lowest BCUT2D eigenvalue weighted by Crippen LogP contribution is -2.31. The average Bonchev–Trinajstić information content (AvgIpc) is 3.44. The van der Waals surface area contributed by atoms with E-state index in [1.165, 1.54) is 23.4 Å². The molecule has 0 radical (unpaired) electrons. The van der Waals surface area contributed by atoms with E-state index < -0.39 is 0 Å². The van der Waals surface area contributed by atoms with Crippen molar-refractivity contribution in [3.05, 3.63) is 82.6 Å². The van der Waals surface area contributed by atoms with Gasteiger partial charge in [-0.15, -0.1) is 11.3 Å². The molecule has 1 amide bonds. The van der Waals surface area contributed by atoms with Crippen LogP contribution in [0, 0.1) is 0 Å². The molecule has 5 heteroatoms. The number of carbonyl (C=O) groups is 1. The zero-order valence-electron chi connectivity index (χ0n) is 15.8. The van der Waals surface area contributed by atoms with Crippen LogP contribution in [-0.2, 0) is 4.79 Å². The molecule has 4 rings (SSSR count). The molecule has 1 fully saturated rings. The lowest BCUT2D eigenvalue weighted by molar-refractivity contribution is -0.115. The summed E-state index contributed by atoms with van der Waals surface area (Å²) < 4.78 is 0. The maximum absolute atomic E-state index is 12.5. The maximum Gasteiger partial charge on any atom is 0.238 e. The van der Waals surface area contributed by atoms with Crippen LogP contribution < -0.4 is 15.5 Å². The molecule has 144 valence electrons. The molecule has 0 saturated carbocycles. The van der Waals surface area contributed by atoms with E-state index in [0.29, 0.717) is 0 Å². The van der Waals surface area contributed by atoms with E-state index in [1.807, 2.05) is 36.4 Å². The number of hydrogen-bond acceptors (Lipinski definition) is 4. The molecule has 3 aromatic rings. The van der Waals surface area contributed by atoms with Gasteiger partial charge in [-0.2, -0.15) is 0 Å². The van der Waals surface area contributed by atoms with Crippen LogP contribution in [0.2, 0.25) is 0 Å². The Morgan fingerprint density at radius 1 is 0.964 bits per heavy atom. The van der Waals surface area contributed by atoms with E-state index in [4.69, 9.17) is 0 Å². The molecule has 0 aliphatic carbocycles. The van der Waals surface area contributed by atoms with Gasteiger partial charge in [0.05, 0.1) is 12.6 Å². The van der Waals surface area contributed by atoms with Gasteiger partial charge in [-0.25, -0.2) is 0 Å². The molecule has 2 N–H and O–H groups in total. The number of amides is 1. The average molecular weight is 392 g/mol. The third-order valence-electron chi connectivity index (χ3n) is 5.05. The Morgan fingerprint density at radius 3 is 2.39 bits per heavy atom. The van der Waals surface area contributed by atoms with Gasteiger partial charge in [0.25, 0.3) is 0 Å². The van der Waals surface area contributed by atoms with Gasteiger partial charge >= 0.3 is 0 Å². The van der Waals surface area contributed by atoms with E-state index in [2.05, 4.69) is 51.2 Å². The Kier molecular flexibility index (Phi) is 6.04. The molecule has 1 aliphatic rings. The first kappa shape index (κ1) is 18.7. The number of rotatable bonds is 7. The minimum atomic E-state index is -0.0357. The van der Waals surface area contributed by atoms with Crippen molar-refractivity contribution in [2.24, 2.45) is 0 Å². The lowest BCUT2D eigenvalue weighted by Gasteiger charge is -2.19. The first-order chi connectivity index (χ1) is 13.8. The zero-order chi connectivity index (χ0) is 19.2. The maximum atomic E-state index is 12.5. The van der Waals surface area contributed by atoms with Crippen LogP contribution in [0.15, 0.2) is 72.1 Å². The predicted molar refractivity (Wildman–Crippen MR) is 117 cm³/mol. The predicted octanol–water partition coefficient (Wildman–Crippen LogP) is 4.67. The summed E-state index contributed by atoms with van der Waals surface area (Å²) in [6.07, 6.45) is 2.52. The van der Waals surface area contributed by atoms with Crippen LogP contribution >= 0.6 is 11.3 Å². The molecule has 0 spiro atoms. The Hall–Kier alpha value is -2.63. The van der Waals surface area contributed by atoms with E-state index >= 15 is 0 Å². The standard InChI is InChI=1S/C23H25N3OS/c27-22(25-19-10-12-20(13-11-19)26-14-4-5-15-26)17-24-23(21-9-6-16-28-21)18-7-2-1-3-8-18/h1-3,6-13,16,23-24H,4-5,14-15,17H2,(H,25,27). The Balaban J connectivity index is 1.36. The summed E-state index contributed by atoms with van der Waals surface area (Å²) in [6, 6.07) is 22.6. The van der Waals surface area contributed by atoms with Gasteiger partial charge < -0.3 is 10.2 Å². The van der Waals surface area contributed by atoms with Crippen molar-refractivity contribution in [1.29, 1.82) is 0 Å². The van der Waals surface area contributed by atoms with Crippen molar-refractivity contribution in [2.75, 3.05) is 29.9 Å². The van der Waals surface area contributed by atoms with E-state index in [0.717, 1.165) is 24.3 Å².